The highest BCUT2D eigenvalue weighted by atomic mass is 79.9. The largest absolute Gasteiger partial charge is 0.487 e. The highest BCUT2D eigenvalue weighted by Gasteiger charge is 2.33. The van der Waals surface area contributed by atoms with Crippen molar-refractivity contribution < 1.29 is 14.3 Å². The molecule has 1 atom stereocenters. The van der Waals surface area contributed by atoms with Crippen LogP contribution in [0, 0.1) is 6.92 Å². The summed E-state index contributed by atoms with van der Waals surface area (Å²) in [4.78, 5) is 32.1. The Morgan fingerprint density at radius 3 is 2.38 bits per heavy atom. The maximum atomic E-state index is 13.9. The maximum Gasteiger partial charge on any atom is 0.338 e. The average Bonchev–Trinajstić information content (AvgIpc) is 3.22. The third kappa shape index (κ3) is 5.77. The third-order valence-corrected chi connectivity index (χ3v) is 8.62. The Morgan fingerprint density at radius 1 is 1.05 bits per heavy atom. The van der Waals surface area contributed by atoms with Gasteiger partial charge in [-0.25, -0.2) is 9.79 Å². The van der Waals surface area contributed by atoms with Crippen molar-refractivity contribution in [3.63, 3.8) is 0 Å². The lowest BCUT2D eigenvalue weighted by Gasteiger charge is -2.24. The number of hydrogen-bond acceptors (Lipinski definition) is 6. The van der Waals surface area contributed by atoms with Gasteiger partial charge < -0.3 is 9.47 Å². The van der Waals surface area contributed by atoms with Crippen molar-refractivity contribution in [2.75, 3.05) is 6.61 Å². The van der Waals surface area contributed by atoms with E-state index in [1.165, 1.54) is 11.3 Å². The number of halogens is 2. The molecule has 0 radical (unpaired) electrons. The maximum absolute atomic E-state index is 13.9. The van der Waals surface area contributed by atoms with Gasteiger partial charge in [0.15, 0.2) is 4.80 Å². The number of thiazole rings is 1. The molecule has 1 aromatic heterocycles. The van der Waals surface area contributed by atoms with E-state index in [1.807, 2.05) is 79.7 Å². The predicted molar refractivity (Wildman–Crippen MR) is 164 cm³/mol. The topological polar surface area (TPSA) is 69.9 Å². The van der Waals surface area contributed by atoms with Crippen LogP contribution in [0.2, 0.25) is 0 Å². The molecule has 0 amide bonds. The highest BCUT2D eigenvalue weighted by molar-refractivity contribution is 9.11. The van der Waals surface area contributed by atoms with E-state index in [-0.39, 0.29) is 12.2 Å². The van der Waals surface area contributed by atoms with Crippen molar-refractivity contribution in [1.29, 1.82) is 0 Å². The number of nitrogens with zero attached hydrogens (tertiary/aromatic N) is 2. The predicted octanol–water partition coefficient (Wildman–Crippen LogP) is 6.21. The van der Waals surface area contributed by atoms with Crippen molar-refractivity contribution in [3.8, 4) is 5.75 Å². The van der Waals surface area contributed by atoms with E-state index in [1.54, 1.807) is 18.4 Å². The molecule has 0 N–H and O–H groups in total. The Bertz CT molecular complexity index is 1770. The minimum atomic E-state index is -0.634. The Hall–Kier alpha value is -3.27. The minimum Gasteiger partial charge on any atom is -0.487 e. The summed E-state index contributed by atoms with van der Waals surface area (Å²) in [5.41, 5.74) is 4.47. The number of carbonyl (C=O) groups is 1. The van der Waals surface area contributed by atoms with E-state index in [0.29, 0.717) is 33.0 Å². The lowest BCUT2D eigenvalue weighted by Crippen LogP contribution is -2.39. The first kappa shape index (κ1) is 28.3. The summed E-state index contributed by atoms with van der Waals surface area (Å²) in [5.74, 6) is 0.207. The van der Waals surface area contributed by atoms with Crippen LogP contribution in [0.4, 0.5) is 0 Å². The van der Waals surface area contributed by atoms with Gasteiger partial charge in [-0.15, -0.1) is 0 Å². The van der Waals surface area contributed by atoms with Crippen LogP contribution in [0.5, 0.6) is 5.75 Å². The van der Waals surface area contributed by atoms with E-state index in [9.17, 15) is 9.59 Å². The first-order valence-corrected chi connectivity index (χ1v) is 15.1. The third-order valence-electron chi connectivity index (χ3n) is 6.45. The normalized spacial score (nSPS) is 15.0. The summed E-state index contributed by atoms with van der Waals surface area (Å²) < 4.78 is 15.0. The van der Waals surface area contributed by atoms with Gasteiger partial charge in [-0.3, -0.25) is 9.36 Å². The second kappa shape index (κ2) is 12.1. The number of fused-ring (bicyclic) bond motifs is 1. The zero-order valence-corrected chi connectivity index (χ0v) is 26.1. The van der Waals surface area contributed by atoms with Gasteiger partial charge in [0.05, 0.1) is 37.4 Å². The molecule has 4 aromatic rings. The van der Waals surface area contributed by atoms with E-state index >= 15 is 0 Å². The van der Waals surface area contributed by atoms with Crippen molar-refractivity contribution >= 4 is 55.2 Å². The number of allylic oxidation sites excluding steroid dienone is 1. The van der Waals surface area contributed by atoms with Gasteiger partial charge >= 0.3 is 5.97 Å². The number of aromatic nitrogens is 1. The van der Waals surface area contributed by atoms with Crippen molar-refractivity contribution in [1.82, 2.24) is 4.57 Å². The lowest BCUT2D eigenvalue weighted by atomic mass is 9.95. The van der Waals surface area contributed by atoms with Gasteiger partial charge in [-0.1, -0.05) is 71.5 Å². The van der Waals surface area contributed by atoms with Crippen LogP contribution in [-0.4, -0.2) is 17.1 Å². The van der Waals surface area contributed by atoms with Crippen LogP contribution in [0.15, 0.2) is 96.7 Å². The van der Waals surface area contributed by atoms with Crippen molar-refractivity contribution in [2.24, 2.45) is 4.99 Å². The second-order valence-corrected chi connectivity index (χ2v) is 12.0. The number of carbonyl (C=O) groups excluding carboxylic acids is 1. The molecule has 0 spiro atoms. The average molecular weight is 682 g/mol. The number of benzene rings is 3. The Kier molecular flexibility index (Phi) is 8.54. The highest BCUT2D eigenvalue weighted by Crippen LogP contribution is 2.36. The molecule has 9 heteroatoms. The molecular weight excluding hydrogens is 656 g/mol. The van der Waals surface area contributed by atoms with E-state index in [0.717, 1.165) is 31.2 Å². The van der Waals surface area contributed by atoms with E-state index in [4.69, 9.17) is 9.47 Å². The number of rotatable bonds is 7. The fourth-order valence-corrected chi connectivity index (χ4v) is 7.03. The van der Waals surface area contributed by atoms with E-state index in [2.05, 4.69) is 36.9 Å². The van der Waals surface area contributed by atoms with Crippen molar-refractivity contribution in [2.45, 2.75) is 33.4 Å². The molecule has 0 unspecified atom stereocenters. The van der Waals surface area contributed by atoms with E-state index < -0.39 is 12.0 Å². The molecule has 204 valence electrons. The van der Waals surface area contributed by atoms with Crippen LogP contribution in [0.25, 0.3) is 6.08 Å². The zero-order valence-electron chi connectivity index (χ0n) is 22.1. The number of esters is 1. The monoisotopic (exact) mass is 680 g/mol. The van der Waals surface area contributed by atoms with Gasteiger partial charge in [-0.2, -0.15) is 0 Å². The molecular formula is C31H26Br2N2O4S. The molecule has 0 saturated carbocycles. The first-order valence-electron chi connectivity index (χ1n) is 12.7. The van der Waals surface area contributed by atoms with Crippen LogP contribution in [-0.2, 0) is 16.1 Å². The van der Waals surface area contributed by atoms with Crippen LogP contribution in [0.3, 0.4) is 0 Å². The number of aryl methyl sites for hydroxylation is 1. The second-order valence-electron chi connectivity index (χ2n) is 9.30. The lowest BCUT2D eigenvalue weighted by molar-refractivity contribution is -0.139. The first-order chi connectivity index (χ1) is 19.3. The molecule has 0 bridgehead atoms. The van der Waals surface area contributed by atoms with Gasteiger partial charge in [0.25, 0.3) is 5.56 Å². The molecule has 6 nitrogen and oxygen atoms in total. The summed E-state index contributed by atoms with van der Waals surface area (Å²) in [6.07, 6.45) is 1.83. The molecule has 1 aliphatic rings. The zero-order chi connectivity index (χ0) is 28.4. The van der Waals surface area contributed by atoms with Gasteiger partial charge in [-0.05, 0) is 87.5 Å². The molecule has 3 aromatic carbocycles. The molecule has 1 aliphatic heterocycles. The Labute approximate surface area is 252 Å². The Morgan fingerprint density at radius 2 is 1.73 bits per heavy atom. The van der Waals surface area contributed by atoms with Crippen LogP contribution < -0.4 is 19.6 Å². The van der Waals surface area contributed by atoms with Gasteiger partial charge in [0.1, 0.15) is 12.4 Å². The molecule has 0 saturated heterocycles. The summed E-state index contributed by atoms with van der Waals surface area (Å²) in [6.45, 7) is 6.20. The van der Waals surface area contributed by atoms with Gasteiger partial charge in [0, 0.05) is 0 Å². The molecule has 2 heterocycles. The van der Waals surface area contributed by atoms with Crippen LogP contribution in [0.1, 0.15) is 42.1 Å². The quantitative estimate of drug-likeness (QED) is 0.218. The van der Waals surface area contributed by atoms with Crippen molar-refractivity contribution in [3.05, 3.63) is 129 Å². The fourth-order valence-electron chi connectivity index (χ4n) is 4.54. The summed E-state index contributed by atoms with van der Waals surface area (Å²) in [7, 11) is 0. The fraction of sp³-hybridized carbons (Fsp3) is 0.194. The Balaban J connectivity index is 1.56. The van der Waals surface area contributed by atoms with Crippen LogP contribution >= 0.6 is 43.2 Å². The SMILES string of the molecule is CCOC(=O)C1=C(C)N=c2s/c(=C\c3cc(Br)c(OCc4ccccc4)c(Br)c3)c(=O)n2[C@H]1c1ccc(C)cc1. The smallest absolute Gasteiger partial charge is 0.338 e. The summed E-state index contributed by atoms with van der Waals surface area (Å²) >= 11 is 8.54. The number of ether oxygens (including phenoxy) is 2. The minimum absolute atomic E-state index is 0.222. The molecule has 40 heavy (non-hydrogen) atoms. The number of hydrogen-bond donors (Lipinski definition) is 0. The summed E-state index contributed by atoms with van der Waals surface area (Å²) in [5, 5.41) is 0. The molecule has 0 fully saturated rings. The summed E-state index contributed by atoms with van der Waals surface area (Å²) in [6, 6.07) is 21.0. The van der Waals surface area contributed by atoms with Gasteiger partial charge in [0.2, 0.25) is 0 Å². The molecule has 5 rings (SSSR count). The standard InChI is InChI=1S/C31H26Br2N2O4S/c1-4-38-30(37)26-19(3)34-31-35(27(26)22-12-10-18(2)11-13-22)29(36)25(40-31)16-21-14-23(32)28(24(33)15-21)39-17-20-8-6-5-7-9-20/h5-16,27H,4,17H2,1-3H3/b25-16-/t27-/m0/s1. The molecule has 0 aliphatic carbocycles.